The first-order chi connectivity index (χ1) is 9.49. The summed E-state index contributed by atoms with van der Waals surface area (Å²) in [6.45, 7) is 1.36. The molecule has 0 aliphatic carbocycles. The molecule has 0 aromatic heterocycles. The molecule has 0 radical (unpaired) electrons. The Balaban J connectivity index is 2.55. The van der Waals surface area contributed by atoms with Gasteiger partial charge in [0.1, 0.15) is 0 Å². The van der Waals surface area contributed by atoms with Gasteiger partial charge in [-0.2, -0.15) is 18.4 Å². The molecule has 0 unspecified atom stereocenters. The lowest BCUT2D eigenvalue weighted by Gasteiger charge is -2.11. The number of nitrogens with one attached hydrogen (secondary N) is 1. The first-order valence-corrected chi connectivity index (χ1v) is 6.33. The van der Waals surface area contributed by atoms with Crippen molar-refractivity contribution in [3.8, 4) is 6.07 Å². The van der Waals surface area contributed by atoms with Gasteiger partial charge in [-0.05, 0) is 37.5 Å². The van der Waals surface area contributed by atoms with Gasteiger partial charge in [0.25, 0.3) is 0 Å². The van der Waals surface area contributed by atoms with Crippen LogP contribution in [0.2, 0.25) is 0 Å². The molecule has 1 aromatic carbocycles. The summed E-state index contributed by atoms with van der Waals surface area (Å²) in [5.74, 6) is 0. The smallest absolute Gasteiger partial charge is 0.385 e. The molecular weight excluding hydrogens is 269 g/mol. The van der Waals surface area contributed by atoms with Crippen molar-refractivity contribution >= 4 is 5.69 Å². The quantitative estimate of drug-likeness (QED) is 0.775. The Bertz CT molecular complexity index is 466. The van der Waals surface area contributed by atoms with Crippen LogP contribution in [0.4, 0.5) is 18.9 Å². The number of nitriles is 1. The standard InChI is InChI=1S/C14H17F3N2O/c1-20-8-4-2-3-7-19-12-5-6-13(14(15,16)17)11(9-12)10-18/h5-6,9,19H,2-4,7-8H2,1H3. The zero-order chi connectivity index (χ0) is 15.0. The summed E-state index contributed by atoms with van der Waals surface area (Å²) in [5.41, 5.74) is -0.728. The lowest BCUT2D eigenvalue weighted by molar-refractivity contribution is -0.137. The number of anilines is 1. The van der Waals surface area contributed by atoms with E-state index in [0.29, 0.717) is 18.8 Å². The molecule has 0 atom stereocenters. The topological polar surface area (TPSA) is 45.0 Å². The van der Waals surface area contributed by atoms with E-state index in [1.165, 1.54) is 12.1 Å². The molecule has 20 heavy (non-hydrogen) atoms. The molecule has 6 heteroatoms. The van der Waals surface area contributed by atoms with Crippen LogP contribution in [0.1, 0.15) is 30.4 Å². The van der Waals surface area contributed by atoms with Gasteiger partial charge in [-0.15, -0.1) is 0 Å². The molecule has 0 aliphatic rings. The van der Waals surface area contributed by atoms with Gasteiger partial charge in [-0.1, -0.05) is 0 Å². The summed E-state index contributed by atoms with van der Waals surface area (Å²) >= 11 is 0. The molecule has 0 heterocycles. The third-order valence-electron chi connectivity index (χ3n) is 2.80. The van der Waals surface area contributed by atoms with Gasteiger partial charge in [0.2, 0.25) is 0 Å². The molecule has 0 saturated carbocycles. The third-order valence-corrected chi connectivity index (χ3v) is 2.80. The minimum atomic E-state index is -4.50. The van der Waals surface area contributed by atoms with Crippen LogP contribution in [0.15, 0.2) is 18.2 Å². The number of rotatable bonds is 7. The van der Waals surface area contributed by atoms with Crippen LogP contribution in [0, 0.1) is 11.3 Å². The fourth-order valence-corrected chi connectivity index (χ4v) is 1.77. The second-order valence-corrected chi connectivity index (χ2v) is 4.35. The van der Waals surface area contributed by atoms with E-state index in [4.69, 9.17) is 10.00 Å². The van der Waals surface area contributed by atoms with E-state index < -0.39 is 11.7 Å². The van der Waals surface area contributed by atoms with Crippen LogP contribution >= 0.6 is 0 Å². The monoisotopic (exact) mass is 286 g/mol. The lowest BCUT2D eigenvalue weighted by atomic mass is 10.1. The van der Waals surface area contributed by atoms with E-state index in [0.717, 1.165) is 25.3 Å². The Labute approximate surface area is 116 Å². The number of halogens is 3. The first-order valence-electron chi connectivity index (χ1n) is 6.33. The zero-order valence-corrected chi connectivity index (χ0v) is 11.3. The van der Waals surface area contributed by atoms with Crippen molar-refractivity contribution in [1.82, 2.24) is 0 Å². The molecule has 0 fully saturated rings. The largest absolute Gasteiger partial charge is 0.417 e. The number of hydrogen-bond donors (Lipinski definition) is 1. The molecule has 1 rings (SSSR count). The first kappa shape index (κ1) is 16.3. The molecule has 0 amide bonds. The van der Waals surface area contributed by atoms with E-state index in [1.54, 1.807) is 13.2 Å². The highest BCUT2D eigenvalue weighted by atomic mass is 19.4. The molecule has 1 N–H and O–H groups in total. The van der Waals surface area contributed by atoms with Crippen molar-refractivity contribution < 1.29 is 17.9 Å². The highest BCUT2D eigenvalue weighted by Crippen LogP contribution is 2.32. The van der Waals surface area contributed by atoms with Gasteiger partial charge in [-0.25, -0.2) is 0 Å². The van der Waals surface area contributed by atoms with Crippen LogP contribution in [0.25, 0.3) is 0 Å². The summed E-state index contributed by atoms with van der Waals surface area (Å²) in [4.78, 5) is 0. The second kappa shape index (κ2) is 7.75. The maximum atomic E-state index is 12.6. The second-order valence-electron chi connectivity index (χ2n) is 4.35. The van der Waals surface area contributed by atoms with Crippen molar-refractivity contribution in [3.05, 3.63) is 29.3 Å². The van der Waals surface area contributed by atoms with Crippen LogP contribution < -0.4 is 5.32 Å². The van der Waals surface area contributed by atoms with Crippen LogP contribution in [0.5, 0.6) is 0 Å². The Kier molecular flexibility index (Phi) is 6.32. The van der Waals surface area contributed by atoms with Gasteiger partial charge in [0.15, 0.2) is 0 Å². The fourth-order valence-electron chi connectivity index (χ4n) is 1.77. The molecule has 110 valence electrons. The average molecular weight is 286 g/mol. The number of methoxy groups -OCH3 is 1. The zero-order valence-electron chi connectivity index (χ0n) is 11.3. The summed E-state index contributed by atoms with van der Waals surface area (Å²) in [6, 6.07) is 5.10. The number of nitrogens with zero attached hydrogens (tertiary/aromatic N) is 1. The van der Waals surface area contributed by atoms with Crippen LogP contribution in [-0.4, -0.2) is 20.3 Å². The highest BCUT2D eigenvalue weighted by Gasteiger charge is 2.33. The van der Waals surface area contributed by atoms with Gasteiger partial charge in [-0.3, -0.25) is 0 Å². The number of ether oxygens (including phenoxy) is 1. The van der Waals surface area contributed by atoms with E-state index >= 15 is 0 Å². The molecule has 0 saturated heterocycles. The lowest BCUT2D eigenvalue weighted by Crippen LogP contribution is -2.09. The van der Waals surface area contributed by atoms with Crippen molar-refractivity contribution in [2.45, 2.75) is 25.4 Å². The number of alkyl halides is 3. The van der Waals surface area contributed by atoms with Crippen molar-refractivity contribution in [1.29, 1.82) is 5.26 Å². The maximum absolute atomic E-state index is 12.6. The Morgan fingerprint density at radius 1 is 1.25 bits per heavy atom. The SMILES string of the molecule is COCCCCCNc1ccc(C(F)(F)F)c(C#N)c1. The minimum Gasteiger partial charge on any atom is -0.385 e. The normalized spacial score (nSPS) is 11.2. The van der Waals surface area contributed by atoms with Gasteiger partial charge in [0, 0.05) is 25.9 Å². The van der Waals surface area contributed by atoms with Gasteiger partial charge in [0.05, 0.1) is 17.2 Å². The Hall–Kier alpha value is -1.74. The number of unbranched alkanes of at least 4 members (excludes halogenated alkanes) is 2. The molecule has 1 aromatic rings. The van der Waals surface area contributed by atoms with Crippen molar-refractivity contribution in [2.75, 3.05) is 25.6 Å². The van der Waals surface area contributed by atoms with Gasteiger partial charge < -0.3 is 10.1 Å². The molecule has 0 spiro atoms. The molecule has 0 aliphatic heterocycles. The fraction of sp³-hybridized carbons (Fsp3) is 0.500. The minimum absolute atomic E-state index is 0.359. The Morgan fingerprint density at radius 2 is 2.00 bits per heavy atom. The number of benzene rings is 1. The summed E-state index contributed by atoms with van der Waals surface area (Å²) in [5, 5.41) is 11.8. The van der Waals surface area contributed by atoms with Crippen molar-refractivity contribution in [2.24, 2.45) is 0 Å². The number of hydrogen-bond acceptors (Lipinski definition) is 3. The Morgan fingerprint density at radius 3 is 2.60 bits per heavy atom. The molecule has 0 bridgehead atoms. The van der Waals surface area contributed by atoms with E-state index in [-0.39, 0.29) is 5.56 Å². The van der Waals surface area contributed by atoms with E-state index in [2.05, 4.69) is 5.32 Å². The predicted molar refractivity (Wildman–Crippen MR) is 70.4 cm³/mol. The average Bonchev–Trinajstić information content (AvgIpc) is 2.41. The summed E-state index contributed by atoms with van der Waals surface area (Å²) < 4.78 is 42.7. The third kappa shape index (κ3) is 5.10. The van der Waals surface area contributed by atoms with E-state index in [1.807, 2.05) is 0 Å². The van der Waals surface area contributed by atoms with E-state index in [9.17, 15) is 13.2 Å². The maximum Gasteiger partial charge on any atom is 0.417 e. The van der Waals surface area contributed by atoms with Crippen LogP contribution in [-0.2, 0) is 10.9 Å². The summed E-state index contributed by atoms with van der Waals surface area (Å²) in [7, 11) is 1.64. The molecule has 3 nitrogen and oxygen atoms in total. The van der Waals surface area contributed by atoms with Crippen LogP contribution in [0.3, 0.4) is 0 Å². The predicted octanol–water partition coefficient (Wildman–Crippen LogP) is 3.81. The summed E-state index contributed by atoms with van der Waals surface area (Å²) in [6.07, 6.45) is -1.67. The van der Waals surface area contributed by atoms with Gasteiger partial charge >= 0.3 is 6.18 Å². The van der Waals surface area contributed by atoms with Crippen molar-refractivity contribution in [3.63, 3.8) is 0 Å². The highest BCUT2D eigenvalue weighted by molar-refractivity contribution is 5.53. The molecular formula is C14H17F3N2O.